The van der Waals surface area contributed by atoms with Crippen LogP contribution in [0.3, 0.4) is 0 Å². The smallest absolute Gasteiger partial charge is 0.144 e. The topological polar surface area (TPSA) is 30.4 Å². The number of benzene rings is 5. The molecule has 1 aliphatic carbocycles. The van der Waals surface area contributed by atoms with Gasteiger partial charge in [0, 0.05) is 50.8 Å². The summed E-state index contributed by atoms with van der Waals surface area (Å²) in [7, 11) is 0. The number of pyridine rings is 1. The van der Waals surface area contributed by atoms with E-state index in [1.165, 1.54) is 32.6 Å². The summed E-state index contributed by atoms with van der Waals surface area (Å²) in [6, 6.07) is 34.8. The van der Waals surface area contributed by atoms with Gasteiger partial charge in [0.1, 0.15) is 11.2 Å². The quantitative estimate of drug-likeness (QED) is 0.198. The van der Waals surface area contributed by atoms with E-state index in [9.17, 15) is 1.37 Å². The molecule has 4 aromatic heterocycles. The van der Waals surface area contributed by atoms with Crippen LogP contribution in [-0.2, 0) is 0 Å². The minimum atomic E-state index is -0.610. The Hall–Kier alpha value is -4.89. The summed E-state index contributed by atoms with van der Waals surface area (Å²) in [5, 5.41) is 9.35. The van der Waals surface area contributed by atoms with Crippen LogP contribution in [0.2, 0.25) is 0 Å². The molecule has 0 spiro atoms. The van der Waals surface area contributed by atoms with Crippen molar-refractivity contribution in [2.75, 3.05) is 0 Å². The van der Waals surface area contributed by atoms with Gasteiger partial charge in [-0.1, -0.05) is 94.4 Å². The third-order valence-electron chi connectivity index (χ3n) is 10.6. The van der Waals surface area contributed by atoms with E-state index in [1.807, 2.05) is 6.20 Å². The Balaban J connectivity index is 1.20. The van der Waals surface area contributed by atoms with Gasteiger partial charge in [-0.2, -0.15) is 0 Å². The van der Waals surface area contributed by atoms with Crippen LogP contribution >= 0.6 is 0 Å². The third kappa shape index (κ3) is 3.63. The Morgan fingerprint density at radius 2 is 1.39 bits per heavy atom. The molecule has 3 heteroatoms. The van der Waals surface area contributed by atoms with E-state index in [1.54, 1.807) is 0 Å². The van der Waals surface area contributed by atoms with Crippen LogP contribution in [-0.4, -0.2) is 9.38 Å². The van der Waals surface area contributed by atoms with E-state index in [-0.39, 0.29) is 10.8 Å². The summed E-state index contributed by atoms with van der Waals surface area (Å²) in [6.45, 7) is 9.34. The summed E-state index contributed by atoms with van der Waals surface area (Å²) in [5.41, 5.74) is 8.62. The first-order valence-corrected chi connectivity index (χ1v) is 16.5. The Morgan fingerprint density at radius 3 is 2.24 bits per heavy atom. The highest BCUT2D eigenvalue weighted by Crippen LogP contribution is 2.52. The molecule has 0 aliphatic heterocycles. The van der Waals surface area contributed by atoms with Gasteiger partial charge >= 0.3 is 0 Å². The average molecular weight is 598 g/mol. The van der Waals surface area contributed by atoms with Crippen molar-refractivity contribution in [3.63, 3.8) is 0 Å². The van der Waals surface area contributed by atoms with E-state index in [4.69, 9.17) is 9.40 Å². The van der Waals surface area contributed by atoms with Crippen molar-refractivity contribution in [1.82, 2.24) is 9.38 Å². The number of hydrogen-bond donors (Lipinski definition) is 0. The van der Waals surface area contributed by atoms with Crippen LogP contribution in [0.15, 0.2) is 108 Å². The molecule has 0 radical (unpaired) electrons. The zero-order valence-corrected chi connectivity index (χ0v) is 26.7. The number of hydrogen-bond acceptors (Lipinski definition) is 2. The van der Waals surface area contributed by atoms with Gasteiger partial charge in [0.15, 0.2) is 0 Å². The molecule has 46 heavy (non-hydrogen) atoms. The first-order chi connectivity index (χ1) is 22.6. The fourth-order valence-corrected chi connectivity index (χ4v) is 9.31. The number of aromatic nitrogens is 2. The lowest BCUT2D eigenvalue weighted by atomic mass is 9.60. The van der Waals surface area contributed by atoms with Gasteiger partial charge < -0.3 is 8.82 Å². The highest BCUT2D eigenvalue weighted by atomic mass is 16.3. The van der Waals surface area contributed by atoms with Gasteiger partial charge in [0.25, 0.3) is 0 Å². The molecule has 4 heterocycles. The average Bonchev–Trinajstić information content (AvgIpc) is 3.69. The summed E-state index contributed by atoms with van der Waals surface area (Å²) in [5.74, 6) is -0.610. The lowest BCUT2D eigenvalue weighted by molar-refractivity contribution is 0.0969. The molecule has 224 valence electrons. The van der Waals surface area contributed by atoms with Crippen molar-refractivity contribution >= 4 is 70.8 Å². The predicted octanol–water partition coefficient (Wildman–Crippen LogP) is 12.3. The second-order valence-electron chi connectivity index (χ2n) is 15.3. The van der Waals surface area contributed by atoms with E-state index in [0.717, 1.165) is 74.3 Å². The van der Waals surface area contributed by atoms with Gasteiger partial charge in [-0.15, -0.1) is 0 Å². The van der Waals surface area contributed by atoms with Crippen molar-refractivity contribution < 1.29 is 5.79 Å². The first kappa shape index (κ1) is 25.3. The van der Waals surface area contributed by atoms with E-state index < -0.39 is 5.89 Å². The van der Waals surface area contributed by atoms with Crippen molar-refractivity contribution in [2.45, 2.75) is 52.9 Å². The molecule has 0 atom stereocenters. The third-order valence-corrected chi connectivity index (χ3v) is 10.6. The second kappa shape index (κ2) is 8.88. The molecule has 1 aliphatic rings. The standard InChI is InChI=1S/C43H36N2O/c1-42(2)21-27(22-43(3,4)24-42)26-16-18-37-34(19-26)29-11-7-12-30-35-23-44-36(20-38(35)45(37)39(29)30)33-14-8-13-31-32-17-15-25-9-5-6-10-28(25)40(32)46-41(31)33/h5-20,23,27H,21-22,24H2,1-4H3/i27D. The zero-order chi connectivity index (χ0) is 31.9. The number of rotatable bonds is 2. The fourth-order valence-electron chi connectivity index (χ4n) is 9.31. The largest absolute Gasteiger partial charge is 0.455 e. The molecule has 3 nitrogen and oxygen atoms in total. The fraction of sp³-hybridized carbons (Fsp3) is 0.233. The summed E-state index contributed by atoms with van der Waals surface area (Å²) < 4.78 is 18.9. The van der Waals surface area contributed by atoms with Gasteiger partial charge in [-0.05, 0) is 77.3 Å². The minimum Gasteiger partial charge on any atom is -0.455 e. The summed E-state index contributed by atoms with van der Waals surface area (Å²) in [6.07, 6.45) is 4.94. The van der Waals surface area contributed by atoms with E-state index in [2.05, 4.69) is 129 Å². The molecular formula is C43H36N2O. The molecule has 9 aromatic rings. The number of para-hydroxylation sites is 2. The molecule has 0 N–H and O–H groups in total. The van der Waals surface area contributed by atoms with Gasteiger partial charge in [0.05, 0.1) is 22.2 Å². The highest BCUT2D eigenvalue weighted by Gasteiger charge is 2.39. The molecule has 0 saturated heterocycles. The van der Waals surface area contributed by atoms with E-state index >= 15 is 0 Å². The normalized spacial score (nSPS) is 18.1. The lowest BCUT2D eigenvalue weighted by Crippen LogP contribution is -2.32. The Bertz CT molecular complexity index is 2730. The lowest BCUT2D eigenvalue weighted by Gasteiger charge is -2.45. The summed E-state index contributed by atoms with van der Waals surface area (Å²) >= 11 is 0. The maximum atomic E-state index is 9.79. The molecule has 10 rings (SSSR count). The van der Waals surface area contributed by atoms with Crippen LogP contribution in [0.5, 0.6) is 0 Å². The molecular weight excluding hydrogens is 560 g/mol. The maximum absolute atomic E-state index is 9.79. The second-order valence-corrected chi connectivity index (χ2v) is 15.3. The molecule has 0 bridgehead atoms. The number of furan rings is 1. The Morgan fingerprint density at radius 1 is 0.674 bits per heavy atom. The van der Waals surface area contributed by atoms with Crippen molar-refractivity contribution in [2.24, 2.45) is 10.8 Å². The van der Waals surface area contributed by atoms with Crippen LogP contribution in [0, 0.1) is 10.8 Å². The van der Waals surface area contributed by atoms with Gasteiger partial charge in [-0.3, -0.25) is 4.98 Å². The maximum Gasteiger partial charge on any atom is 0.144 e. The Kier molecular flexibility index (Phi) is 4.89. The molecule has 1 fully saturated rings. The Labute approximate surface area is 269 Å². The van der Waals surface area contributed by atoms with Crippen LogP contribution in [0.4, 0.5) is 0 Å². The van der Waals surface area contributed by atoms with Gasteiger partial charge in [-0.25, -0.2) is 0 Å². The minimum absolute atomic E-state index is 0.128. The van der Waals surface area contributed by atoms with Crippen LogP contribution < -0.4 is 0 Å². The molecule has 0 amide bonds. The molecule has 5 aromatic carbocycles. The first-order valence-electron chi connectivity index (χ1n) is 17.0. The predicted molar refractivity (Wildman–Crippen MR) is 193 cm³/mol. The van der Waals surface area contributed by atoms with Crippen molar-refractivity contribution in [3.8, 4) is 11.3 Å². The monoisotopic (exact) mass is 597 g/mol. The molecule has 1 saturated carbocycles. The number of nitrogens with zero attached hydrogens (tertiary/aromatic N) is 2. The summed E-state index contributed by atoms with van der Waals surface area (Å²) in [4.78, 5) is 5.05. The van der Waals surface area contributed by atoms with Crippen molar-refractivity contribution in [1.29, 1.82) is 0 Å². The zero-order valence-electron chi connectivity index (χ0n) is 27.7. The van der Waals surface area contributed by atoms with Crippen molar-refractivity contribution in [3.05, 3.63) is 109 Å². The highest BCUT2D eigenvalue weighted by molar-refractivity contribution is 6.23. The van der Waals surface area contributed by atoms with Crippen LogP contribution in [0.1, 0.15) is 59.8 Å². The molecule has 0 unspecified atom stereocenters. The van der Waals surface area contributed by atoms with Crippen LogP contribution in [0.25, 0.3) is 82.1 Å². The van der Waals surface area contributed by atoms with E-state index in [0.29, 0.717) is 0 Å². The van der Waals surface area contributed by atoms with Gasteiger partial charge in [0.2, 0.25) is 0 Å². The SMILES string of the molecule is [2H]C1(c2ccc3c(c2)c2cccc4c5cnc(-c6cccc7c6oc6c8ccccc8ccc76)cc5n3c24)CC(C)(C)CC(C)(C)C1. The number of fused-ring (bicyclic) bond motifs is 11.